The van der Waals surface area contributed by atoms with E-state index in [0.29, 0.717) is 40.7 Å². The van der Waals surface area contributed by atoms with Crippen molar-refractivity contribution in [2.45, 2.75) is 13.0 Å². The zero-order valence-electron chi connectivity index (χ0n) is 19.9. The zero-order chi connectivity index (χ0) is 24.8. The lowest BCUT2D eigenvalue weighted by Crippen LogP contribution is -2.32. The van der Waals surface area contributed by atoms with Crippen LogP contribution in [0.25, 0.3) is 5.76 Å². The summed E-state index contributed by atoms with van der Waals surface area (Å²) in [6.45, 7) is 2.71. The number of ketones is 1. The molecule has 1 heterocycles. The number of carbonyl (C=O) groups is 2. The molecular weight excluding hydrogens is 442 g/mol. The second-order valence-electron chi connectivity index (χ2n) is 7.40. The fraction of sp³-hybridized carbons (Fsp3) is 0.360. The molecule has 9 heteroatoms. The smallest absolute Gasteiger partial charge is 0.295 e. The van der Waals surface area contributed by atoms with Gasteiger partial charge in [-0.05, 0) is 48.9 Å². The zero-order valence-corrected chi connectivity index (χ0v) is 19.9. The number of methoxy groups -OCH3 is 4. The van der Waals surface area contributed by atoms with Gasteiger partial charge in [0, 0.05) is 19.2 Å². The van der Waals surface area contributed by atoms with E-state index in [1.54, 1.807) is 36.4 Å². The number of aliphatic hydroxyl groups excluding tert-OH is 1. The minimum atomic E-state index is -0.893. The normalized spacial score (nSPS) is 17.1. The van der Waals surface area contributed by atoms with E-state index < -0.39 is 17.7 Å². The quantitative estimate of drug-likeness (QED) is 0.320. The van der Waals surface area contributed by atoms with Gasteiger partial charge in [0.05, 0.1) is 46.2 Å². The molecule has 34 heavy (non-hydrogen) atoms. The van der Waals surface area contributed by atoms with Gasteiger partial charge < -0.3 is 33.7 Å². The summed E-state index contributed by atoms with van der Waals surface area (Å²) in [6.07, 6.45) is 0. The molecule has 0 bridgehead atoms. The van der Waals surface area contributed by atoms with Gasteiger partial charge in [-0.25, -0.2) is 0 Å². The third kappa shape index (κ3) is 4.65. The molecule has 0 spiro atoms. The van der Waals surface area contributed by atoms with Crippen molar-refractivity contribution in [1.29, 1.82) is 0 Å². The minimum Gasteiger partial charge on any atom is -0.507 e. The van der Waals surface area contributed by atoms with Gasteiger partial charge in [0.2, 0.25) is 5.75 Å². The number of rotatable bonds is 10. The van der Waals surface area contributed by atoms with Gasteiger partial charge in [-0.2, -0.15) is 0 Å². The first-order valence-electron chi connectivity index (χ1n) is 10.7. The van der Waals surface area contributed by atoms with Crippen LogP contribution in [0.5, 0.6) is 23.0 Å². The molecule has 0 radical (unpaired) electrons. The van der Waals surface area contributed by atoms with Crippen LogP contribution in [0.3, 0.4) is 0 Å². The summed E-state index contributed by atoms with van der Waals surface area (Å²) in [5.41, 5.74) is 0.850. The third-order valence-electron chi connectivity index (χ3n) is 5.52. The van der Waals surface area contributed by atoms with Crippen LogP contribution in [0, 0.1) is 0 Å². The lowest BCUT2D eigenvalue weighted by Gasteiger charge is -2.26. The Balaban J connectivity index is 2.21. The molecule has 9 nitrogen and oxygen atoms in total. The van der Waals surface area contributed by atoms with Crippen molar-refractivity contribution in [3.63, 3.8) is 0 Å². The Morgan fingerprint density at radius 3 is 2.09 bits per heavy atom. The summed E-state index contributed by atoms with van der Waals surface area (Å²) in [6, 6.07) is 9.06. The van der Waals surface area contributed by atoms with Gasteiger partial charge in [-0.15, -0.1) is 0 Å². The van der Waals surface area contributed by atoms with Gasteiger partial charge >= 0.3 is 0 Å². The Bertz CT molecular complexity index is 1050. The van der Waals surface area contributed by atoms with E-state index >= 15 is 0 Å². The van der Waals surface area contributed by atoms with Crippen molar-refractivity contribution in [2.75, 3.05) is 48.2 Å². The topological polar surface area (TPSA) is 104 Å². The molecule has 1 fully saturated rings. The lowest BCUT2D eigenvalue weighted by molar-refractivity contribution is -0.140. The standard InChI is InChI=1S/C25H29NO8/c1-6-34-17-9-7-15(8-10-17)22(27)20-21(26(11-12-30-2)25(29)23(20)28)16-13-18(31-3)24(33-5)19(14-16)32-4/h7-10,13-14,21,27H,6,11-12H2,1-5H3/b22-20+/t21-/m1/s1. The average Bonchev–Trinajstić information content (AvgIpc) is 3.11. The summed E-state index contributed by atoms with van der Waals surface area (Å²) >= 11 is 0. The molecular formula is C25H29NO8. The Hall–Kier alpha value is -3.72. The monoisotopic (exact) mass is 471 g/mol. The first-order chi connectivity index (χ1) is 16.4. The van der Waals surface area contributed by atoms with Crippen LogP contribution in [-0.2, 0) is 14.3 Å². The number of benzene rings is 2. The van der Waals surface area contributed by atoms with Crippen molar-refractivity contribution in [3.8, 4) is 23.0 Å². The first kappa shape index (κ1) is 24.9. The number of Topliss-reactive ketones (excluding diaryl/α,β-unsaturated/α-hetero) is 1. The SMILES string of the molecule is CCOc1ccc(/C(O)=C2\C(=O)C(=O)N(CCOC)[C@@H]2c2cc(OC)c(OC)c(OC)c2)cc1. The molecule has 2 aromatic rings. The predicted octanol–water partition coefficient (Wildman–Crippen LogP) is 3.18. The average molecular weight is 472 g/mol. The molecule has 182 valence electrons. The first-order valence-corrected chi connectivity index (χ1v) is 10.7. The van der Waals surface area contributed by atoms with Gasteiger partial charge in [0.25, 0.3) is 11.7 Å². The van der Waals surface area contributed by atoms with Gasteiger partial charge in [0.15, 0.2) is 11.5 Å². The minimum absolute atomic E-state index is 0.0421. The molecule has 0 saturated carbocycles. The van der Waals surface area contributed by atoms with E-state index in [9.17, 15) is 14.7 Å². The largest absolute Gasteiger partial charge is 0.507 e. The maximum atomic E-state index is 13.1. The molecule has 0 aliphatic carbocycles. The van der Waals surface area contributed by atoms with Crippen LogP contribution < -0.4 is 18.9 Å². The molecule has 1 atom stereocenters. The number of carbonyl (C=O) groups excluding carboxylic acids is 2. The van der Waals surface area contributed by atoms with Crippen LogP contribution >= 0.6 is 0 Å². The van der Waals surface area contributed by atoms with E-state index in [0.717, 1.165) is 0 Å². The molecule has 1 aliphatic rings. The molecule has 0 aromatic heterocycles. The van der Waals surface area contributed by atoms with E-state index in [1.807, 2.05) is 6.92 Å². The molecule has 0 unspecified atom stereocenters. The molecule has 2 aromatic carbocycles. The summed E-state index contributed by atoms with van der Waals surface area (Å²) in [5, 5.41) is 11.2. The van der Waals surface area contributed by atoms with Crippen LogP contribution in [0.15, 0.2) is 42.0 Å². The highest BCUT2D eigenvalue weighted by Gasteiger charge is 2.46. The van der Waals surface area contributed by atoms with Gasteiger partial charge in [-0.3, -0.25) is 9.59 Å². The fourth-order valence-corrected chi connectivity index (χ4v) is 3.94. The second kappa shape index (κ2) is 10.9. The van der Waals surface area contributed by atoms with Crippen LogP contribution in [0.1, 0.15) is 24.1 Å². The summed E-state index contributed by atoms with van der Waals surface area (Å²) in [4.78, 5) is 27.5. The Morgan fingerprint density at radius 1 is 0.971 bits per heavy atom. The molecule has 1 aliphatic heterocycles. The highest BCUT2D eigenvalue weighted by Crippen LogP contribution is 2.45. The maximum Gasteiger partial charge on any atom is 0.295 e. The molecule has 1 N–H and O–H groups in total. The van der Waals surface area contributed by atoms with E-state index in [2.05, 4.69) is 0 Å². The van der Waals surface area contributed by atoms with Crippen molar-refractivity contribution < 1.29 is 38.4 Å². The van der Waals surface area contributed by atoms with Crippen molar-refractivity contribution >= 4 is 17.4 Å². The van der Waals surface area contributed by atoms with E-state index in [4.69, 9.17) is 23.7 Å². The van der Waals surface area contributed by atoms with E-state index in [1.165, 1.54) is 33.3 Å². The predicted molar refractivity (Wildman–Crippen MR) is 125 cm³/mol. The fourth-order valence-electron chi connectivity index (χ4n) is 3.94. The Labute approximate surface area is 198 Å². The second-order valence-corrected chi connectivity index (χ2v) is 7.40. The van der Waals surface area contributed by atoms with Gasteiger partial charge in [-0.1, -0.05) is 0 Å². The number of likely N-dealkylation sites (tertiary alicyclic amines) is 1. The molecule has 3 rings (SSSR count). The number of nitrogens with zero attached hydrogens (tertiary/aromatic N) is 1. The van der Waals surface area contributed by atoms with Crippen LogP contribution in [-0.4, -0.2) is 69.9 Å². The number of hydrogen-bond acceptors (Lipinski definition) is 8. The third-order valence-corrected chi connectivity index (χ3v) is 5.52. The Kier molecular flexibility index (Phi) is 8.01. The van der Waals surface area contributed by atoms with Crippen LogP contribution in [0.4, 0.5) is 0 Å². The summed E-state index contributed by atoms with van der Waals surface area (Å²) in [7, 11) is 5.94. The Morgan fingerprint density at radius 2 is 1.59 bits per heavy atom. The highest BCUT2D eigenvalue weighted by atomic mass is 16.5. The maximum absolute atomic E-state index is 13.1. The number of amides is 1. The van der Waals surface area contributed by atoms with Crippen molar-refractivity contribution in [1.82, 2.24) is 4.90 Å². The van der Waals surface area contributed by atoms with E-state index in [-0.39, 0.29) is 24.5 Å². The lowest BCUT2D eigenvalue weighted by atomic mass is 9.94. The summed E-state index contributed by atoms with van der Waals surface area (Å²) < 4.78 is 26.9. The number of hydrogen-bond donors (Lipinski definition) is 1. The van der Waals surface area contributed by atoms with Crippen LogP contribution in [0.2, 0.25) is 0 Å². The number of aliphatic hydroxyl groups is 1. The highest BCUT2D eigenvalue weighted by molar-refractivity contribution is 6.46. The molecule has 1 saturated heterocycles. The van der Waals surface area contributed by atoms with Crippen molar-refractivity contribution in [2.24, 2.45) is 0 Å². The van der Waals surface area contributed by atoms with Gasteiger partial charge in [0.1, 0.15) is 11.5 Å². The molecule has 1 amide bonds. The van der Waals surface area contributed by atoms with Crippen molar-refractivity contribution in [3.05, 3.63) is 53.1 Å². The summed E-state index contributed by atoms with van der Waals surface area (Å²) in [5.74, 6) is -0.107. The number of ether oxygens (including phenoxy) is 5.